The number of nitrogens with zero attached hydrogens (tertiary/aromatic N) is 2. The Morgan fingerprint density at radius 1 is 1.35 bits per heavy atom. The summed E-state index contributed by atoms with van der Waals surface area (Å²) in [6.45, 7) is 2.27. The molecule has 0 saturated heterocycles. The van der Waals surface area contributed by atoms with Crippen LogP contribution in [0.2, 0.25) is 0 Å². The second kappa shape index (κ2) is 6.86. The summed E-state index contributed by atoms with van der Waals surface area (Å²) >= 11 is 0. The molecular weight excluding hydrogens is 256 g/mol. The van der Waals surface area contributed by atoms with Crippen molar-refractivity contribution in [3.8, 4) is 5.69 Å². The van der Waals surface area contributed by atoms with Crippen LogP contribution < -0.4 is 0 Å². The fourth-order valence-electron chi connectivity index (χ4n) is 1.67. The SMILES string of the molecule is CO[C@H](C)CCOC(=O)c1cnn(-c2ccccc2)c1. The highest BCUT2D eigenvalue weighted by molar-refractivity contribution is 5.88. The zero-order valence-electron chi connectivity index (χ0n) is 11.7. The summed E-state index contributed by atoms with van der Waals surface area (Å²) in [5.74, 6) is -0.365. The van der Waals surface area contributed by atoms with Crippen LogP contribution in [0.4, 0.5) is 0 Å². The van der Waals surface area contributed by atoms with Crippen molar-refractivity contribution in [2.75, 3.05) is 13.7 Å². The fourth-order valence-corrected chi connectivity index (χ4v) is 1.67. The van der Waals surface area contributed by atoms with Crippen molar-refractivity contribution in [2.45, 2.75) is 19.4 Å². The van der Waals surface area contributed by atoms with Gasteiger partial charge in [-0.25, -0.2) is 9.48 Å². The van der Waals surface area contributed by atoms with Gasteiger partial charge in [0.2, 0.25) is 0 Å². The highest BCUT2D eigenvalue weighted by atomic mass is 16.5. The number of carbonyl (C=O) groups excluding carboxylic acids is 1. The van der Waals surface area contributed by atoms with E-state index in [1.165, 1.54) is 6.20 Å². The number of aromatic nitrogens is 2. The van der Waals surface area contributed by atoms with Crippen LogP contribution >= 0.6 is 0 Å². The largest absolute Gasteiger partial charge is 0.462 e. The van der Waals surface area contributed by atoms with Gasteiger partial charge >= 0.3 is 5.97 Å². The van der Waals surface area contributed by atoms with E-state index in [-0.39, 0.29) is 12.1 Å². The Bertz CT molecular complexity index is 551. The molecule has 0 fully saturated rings. The molecule has 0 amide bonds. The molecule has 5 heteroatoms. The average Bonchev–Trinajstić information content (AvgIpc) is 2.97. The molecule has 20 heavy (non-hydrogen) atoms. The van der Waals surface area contributed by atoms with E-state index in [0.29, 0.717) is 18.6 Å². The molecule has 106 valence electrons. The van der Waals surface area contributed by atoms with Gasteiger partial charge in [0.05, 0.1) is 30.2 Å². The lowest BCUT2D eigenvalue weighted by atomic mass is 10.3. The fraction of sp³-hybridized carbons (Fsp3) is 0.333. The third-order valence-electron chi connectivity index (χ3n) is 3.00. The summed E-state index contributed by atoms with van der Waals surface area (Å²) in [6, 6.07) is 9.60. The number of methoxy groups -OCH3 is 1. The van der Waals surface area contributed by atoms with Gasteiger partial charge < -0.3 is 9.47 Å². The van der Waals surface area contributed by atoms with E-state index in [9.17, 15) is 4.79 Å². The maximum atomic E-state index is 11.8. The van der Waals surface area contributed by atoms with E-state index >= 15 is 0 Å². The zero-order valence-corrected chi connectivity index (χ0v) is 11.7. The second-order valence-electron chi connectivity index (χ2n) is 4.48. The third-order valence-corrected chi connectivity index (χ3v) is 3.00. The molecule has 2 rings (SSSR count). The van der Waals surface area contributed by atoms with Crippen molar-refractivity contribution in [3.63, 3.8) is 0 Å². The van der Waals surface area contributed by atoms with Crippen LogP contribution in [-0.2, 0) is 9.47 Å². The van der Waals surface area contributed by atoms with Crippen LogP contribution in [-0.4, -0.2) is 35.6 Å². The van der Waals surface area contributed by atoms with Crippen molar-refractivity contribution in [3.05, 3.63) is 48.3 Å². The molecule has 0 saturated carbocycles. The summed E-state index contributed by atoms with van der Waals surface area (Å²) in [4.78, 5) is 11.8. The van der Waals surface area contributed by atoms with Crippen molar-refractivity contribution in [2.24, 2.45) is 0 Å². The average molecular weight is 274 g/mol. The number of hydrogen-bond acceptors (Lipinski definition) is 4. The molecule has 0 N–H and O–H groups in total. The maximum Gasteiger partial charge on any atom is 0.341 e. The summed E-state index contributed by atoms with van der Waals surface area (Å²) in [5.41, 5.74) is 1.35. The van der Waals surface area contributed by atoms with Crippen molar-refractivity contribution in [1.29, 1.82) is 0 Å². The highest BCUT2D eigenvalue weighted by Gasteiger charge is 2.11. The van der Waals surface area contributed by atoms with E-state index in [1.54, 1.807) is 18.0 Å². The van der Waals surface area contributed by atoms with Gasteiger partial charge in [-0.05, 0) is 19.1 Å². The summed E-state index contributed by atoms with van der Waals surface area (Å²) < 4.78 is 11.9. The van der Waals surface area contributed by atoms with E-state index in [0.717, 1.165) is 5.69 Å². The first kappa shape index (κ1) is 14.3. The lowest BCUT2D eigenvalue weighted by Crippen LogP contribution is -2.12. The number of rotatable bonds is 6. The molecule has 0 unspecified atom stereocenters. The Kier molecular flexibility index (Phi) is 4.90. The van der Waals surface area contributed by atoms with E-state index in [2.05, 4.69) is 5.10 Å². The molecular formula is C15H18N2O3. The first-order valence-electron chi connectivity index (χ1n) is 6.50. The Morgan fingerprint density at radius 3 is 2.80 bits per heavy atom. The summed E-state index contributed by atoms with van der Waals surface area (Å²) in [7, 11) is 1.64. The van der Waals surface area contributed by atoms with Crippen LogP contribution in [0, 0.1) is 0 Å². The molecule has 5 nitrogen and oxygen atoms in total. The van der Waals surface area contributed by atoms with E-state index in [1.807, 2.05) is 37.3 Å². The number of hydrogen-bond donors (Lipinski definition) is 0. The molecule has 1 aromatic heterocycles. The Morgan fingerprint density at radius 2 is 2.10 bits per heavy atom. The van der Waals surface area contributed by atoms with Gasteiger partial charge in [-0.3, -0.25) is 0 Å². The number of esters is 1. The number of para-hydroxylation sites is 1. The Balaban J connectivity index is 1.93. The van der Waals surface area contributed by atoms with Gasteiger partial charge in [0.25, 0.3) is 0 Å². The first-order valence-corrected chi connectivity index (χ1v) is 6.50. The lowest BCUT2D eigenvalue weighted by Gasteiger charge is -2.08. The molecule has 0 aliphatic rings. The van der Waals surface area contributed by atoms with Gasteiger partial charge in [-0.2, -0.15) is 5.10 Å². The quantitative estimate of drug-likeness (QED) is 0.759. The van der Waals surface area contributed by atoms with Crippen molar-refractivity contribution >= 4 is 5.97 Å². The molecule has 0 spiro atoms. The molecule has 0 aliphatic carbocycles. The van der Waals surface area contributed by atoms with E-state index < -0.39 is 0 Å². The van der Waals surface area contributed by atoms with Crippen molar-refractivity contribution < 1.29 is 14.3 Å². The topological polar surface area (TPSA) is 53.4 Å². The summed E-state index contributed by atoms with van der Waals surface area (Å²) in [6.07, 6.45) is 3.93. The van der Waals surface area contributed by atoms with E-state index in [4.69, 9.17) is 9.47 Å². The van der Waals surface area contributed by atoms with Crippen LogP contribution in [0.1, 0.15) is 23.7 Å². The standard InChI is InChI=1S/C15H18N2O3/c1-12(19-2)8-9-20-15(18)13-10-16-17(11-13)14-6-4-3-5-7-14/h3-7,10-12H,8-9H2,1-2H3/t12-/m1/s1. The van der Waals surface area contributed by atoms with Crippen LogP contribution in [0.25, 0.3) is 5.69 Å². The minimum absolute atomic E-state index is 0.0786. The normalized spacial score (nSPS) is 12.1. The number of carbonyl (C=O) groups is 1. The molecule has 1 aromatic carbocycles. The van der Waals surface area contributed by atoms with Gasteiger partial charge in [0.15, 0.2) is 0 Å². The lowest BCUT2D eigenvalue weighted by molar-refractivity contribution is 0.0391. The predicted octanol–water partition coefficient (Wildman–Crippen LogP) is 2.45. The first-order chi connectivity index (χ1) is 9.70. The van der Waals surface area contributed by atoms with Gasteiger partial charge in [-0.15, -0.1) is 0 Å². The van der Waals surface area contributed by atoms with Gasteiger partial charge in [0.1, 0.15) is 0 Å². The molecule has 0 radical (unpaired) electrons. The molecule has 0 bridgehead atoms. The predicted molar refractivity (Wildman–Crippen MR) is 74.9 cm³/mol. The van der Waals surface area contributed by atoms with Crippen LogP contribution in [0.3, 0.4) is 0 Å². The smallest absolute Gasteiger partial charge is 0.341 e. The van der Waals surface area contributed by atoms with Crippen molar-refractivity contribution in [1.82, 2.24) is 9.78 Å². The minimum atomic E-state index is -0.365. The molecule has 2 aromatic rings. The van der Waals surface area contributed by atoms with Crippen LogP contribution in [0.5, 0.6) is 0 Å². The third kappa shape index (κ3) is 3.68. The second-order valence-corrected chi connectivity index (χ2v) is 4.48. The Labute approximate surface area is 118 Å². The maximum absolute atomic E-state index is 11.8. The molecule has 0 aliphatic heterocycles. The molecule has 1 heterocycles. The van der Waals surface area contributed by atoms with Gasteiger partial charge in [-0.1, -0.05) is 18.2 Å². The highest BCUT2D eigenvalue weighted by Crippen LogP contribution is 2.09. The van der Waals surface area contributed by atoms with Gasteiger partial charge in [0, 0.05) is 19.7 Å². The monoisotopic (exact) mass is 274 g/mol. The Hall–Kier alpha value is -2.14. The summed E-state index contributed by atoms with van der Waals surface area (Å²) in [5, 5.41) is 4.16. The number of benzene rings is 1. The van der Waals surface area contributed by atoms with Crippen LogP contribution in [0.15, 0.2) is 42.7 Å². The molecule has 1 atom stereocenters. The zero-order chi connectivity index (χ0) is 14.4. The number of ether oxygens (including phenoxy) is 2. The minimum Gasteiger partial charge on any atom is -0.462 e.